The van der Waals surface area contributed by atoms with E-state index >= 15 is 9.59 Å². The average Bonchev–Trinajstić information content (AvgIpc) is 4.00. The zero-order chi connectivity index (χ0) is 46.2. The van der Waals surface area contributed by atoms with Crippen molar-refractivity contribution in [3.63, 3.8) is 0 Å². The number of rotatable bonds is 11. The number of aryl methyl sites for hydroxylation is 2. The maximum Gasteiger partial charge on any atom is 0.242 e. The number of anilines is 2. The number of aliphatic hydroxyl groups excluding tert-OH is 1. The normalized spacial score (nSPS) is 23.7. The van der Waals surface area contributed by atoms with E-state index in [2.05, 4.69) is 0 Å². The second kappa shape index (κ2) is 16.7. The molecule has 6 aromatic rings. The number of aromatic nitrogens is 2. The molecule has 3 fully saturated rings. The Kier molecular flexibility index (Phi) is 11.0. The fourth-order valence-electron chi connectivity index (χ4n) is 10.9. The molecule has 2 aromatic heterocycles. The smallest absolute Gasteiger partial charge is 0.242 e. The van der Waals surface area contributed by atoms with Gasteiger partial charge in [-0.1, -0.05) is 59.7 Å². The number of hydrogen-bond donors (Lipinski definition) is 1. The number of nitrogens with zero attached hydrogens (tertiary/aromatic N) is 4. The SMILES string of the molecule is COc1ccc(OC)c(C=Cc2ccc(N3C(=O)[C@H]4[C@H](CC=C5[C@H]4C[C@H]4C(=O)N(c6cc(-c7sc8ccc(Cl)cc8c7C)nn6C)C(=O)[C@@]4(C)[C@H]5c4ccc(OCCO)cc4)C3=O)cc2)c1. The summed E-state index contributed by atoms with van der Waals surface area (Å²) in [6, 6.07) is 27.8. The summed E-state index contributed by atoms with van der Waals surface area (Å²) in [6.07, 6.45) is 6.41. The van der Waals surface area contributed by atoms with Crippen molar-refractivity contribution in [3.05, 3.63) is 130 Å². The number of benzene rings is 4. The van der Waals surface area contributed by atoms with Crippen LogP contribution in [0.1, 0.15) is 47.9 Å². The van der Waals surface area contributed by atoms with E-state index in [-0.39, 0.29) is 43.3 Å². The summed E-state index contributed by atoms with van der Waals surface area (Å²) in [5, 5.41) is 15.9. The quantitative estimate of drug-likeness (QED) is 0.0765. The highest BCUT2D eigenvalue weighted by Gasteiger charge is 2.68. The van der Waals surface area contributed by atoms with Gasteiger partial charge in [0.15, 0.2) is 0 Å². The Morgan fingerprint density at radius 3 is 2.35 bits per heavy atom. The van der Waals surface area contributed by atoms with Gasteiger partial charge in [0, 0.05) is 34.3 Å². The Labute approximate surface area is 390 Å². The number of aliphatic hydroxyl groups is 1. The molecule has 2 aliphatic heterocycles. The molecule has 2 saturated heterocycles. The predicted octanol–water partition coefficient (Wildman–Crippen LogP) is 9.26. The first-order chi connectivity index (χ1) is 31.9. The molecule has 4 heterocycles. The predicted molar refractivity (Wildman–Crippen MR) is 255 cm³/mol. The first-order valence-electron chi connectivity index (χ1n) is 21.9. The number of halogens is 1. The summed E-state index contributed by atoms with van der Waals surface area (Å²) in [6.45, 7) is 3.85. The average molecular weight is 923 g/mol. The zero-order valence-electron chi connectivity index (χ0n) is 37.0. The van der Waals surface area contributed by atoms with Crippen molar-refractivity contribution < 1.29 is 38.5 Å². The number of carbonyl (C=O) groups is 4. The molecular weight excluding hydrogens is 876 g/mol. The number of carbonyl (C=O) groups excluding carboxylic acids is 4. The van der Waals surface area contributed by atoms with Crippen LogP contribution in [0.4, 0.5) is 11.5 Å². The van der Waals surface area contributed by atoms with Gasteiger partial charge in [-0.15, -0.1) is 11.3 Å². The number of imide groups is 2. The summed E-state index contributed by atoms with van der Waals surface area (Å²) in [7, 11) is 4.95. The molecule has 4 aliphatic rings. The third-order valence-corrected chi connectivity index (χ3v) is 15.6. The van der Waals surface area contributed by atoms with Gasteiger partial charge < -0.3 is 19.3 Å². The number of allylic oxidation sites excluding steroid dienone is 2. The Hall–Kier alpha value is -6.54. The van der Waals surface area contributed by atoms with E-state index in [0.717, 1.165) is 42.8 Å². The standard InChI is InChI=1S/C52H47ClN4O8S/c1-28-38-25-32(53)12-21-43(38)66-47(28)41-27-44(55(3)54-41)57-49(60)40-26-39-36(46(52(40,2)51(57)62)30-10-15-34(16-11-30)65-23-22-58)18-19-37-45(39)50(61)56(48(37)59)33-13-7-29(8-14-33)6-9-31-24-35(63-4)17-20-42(31)64-5/h6-18,20-21,24-25,27,37,39-40,45-46,58H,19,22-23,26H2,1-5H3/t37-,39+,40-,45-,46-,52+/m0/s1. The van der Waals surface area contributed by atoms with Crippen molar-refractivity contribution in [2.45, 2.75) is 32.6 Å². The van der Waals surface area contributed by atoms with Gasteiger partial charge in [-0.2, -0.15) is 5.10 Å². The topological polar surface area (TPSA) is 140 Å². The molecule has 2 aliphatic carbocycles. The van der Waals surface area contributed by atoms with E-state index in [4.69, 9.17) is 30.9 Å². The molecule has 336 valence electrons. The lowest BCUT2D eigenvalue weighted by atomic mass is 9.51. The minimum absolute atomic E-state index is 0.118. The number of methoxy groups -OCH3 is 2. The van der Waals surface area contributed by atoms with Gasteiger partial charge in [-0.25, -0.2) is 4.90 Å². The first-order valence-corrected chi connectivity index (χ1v) is 23.1. The largest absolute Gasteiger partial charge is 0.497 e. The highest BCUT2D eigenvalue weighted by Crippen LogP contribution is 2.64. The van der Waals surface area contributed by atoms with E-state index in [1.165, 1.54) is 9.80 Å². The molecule has 1 N–H and O–H groups in total. The van der Waals surface area contributed by atoms with Crippen LogP contribution in [-0.4, -0.2) is 65.9 Å². The molecule has 12 nitrogen and oxygen atoms in total. The van der Waals surface area contributed by atoms with E-state index in [1.54, 1.807) is 67.6 Å². The van der Waals surface area contributed by atoms with Crippen LogP contribution in [0.3, 0.4) is 0 Å². The van der Waals surface area contributed by atoms with E-state index < -0.39 is 35.0 Å². The van der Waals surface area contributed by atoms with Gasteiger partial charge in [0.25, 0.3) is 0 Å². The number of hydrogen-bond acceptors (Lipinski definition) is 10. The number of ether oxygens (including phenoxy) is 3. The molecule has 0 bridgehead atoms. The summed E-state index contributed by atoms with van der Waals surface area (Å²) in [5.74, 6) is -2.32. The molecule has 1 saturated carbocycles. The molecule has 0 unspecified atom stereocenters. The van der Waals surface area contributed by atoms with Gasteiger partial charge in [0.2, 0.25) is 23.6 Å². The van der Waals surface area contributed by atoms with Gasteiger partial charge >= 0.3 is 0 Å². The Balaban J connectivity index is 0.992. The minimum Gasteiger partial charge on any atom is -0.497 e. The van der Waals surface area contributed by atoms with E-state index in [9.17, 15) is 14.7 Å². The molecule has 6 atom stereocenters. The van der Waals surface area contributed by atoms with Gasteiger partial charge in [-0.05, 0) is 115 Å². The number of thiophene rings is 1. The third-order valence-electron chi connectivity index (χ3n) is 14.1. The van der Waals surface area contributed by atoms with E-state index in [0.29, 0.717) is 45.9 Å². The van der Waals surface area contributed by atoms with Crippen LogP contribution in [0, 0.1) is 36.0 Å². The molecule has 4 aromatic carbocycles. The summed E-state index contributed by atoms with van der Waals surface area (Å²) in [5.41, 5.74) is 4.19. The molecule has 10 rings (SSSR count). The van der Waals surface area contributed by atoms with Crippen LogP contribution in [0.5, 0.6) is 17.2 Å². The lowest BCUT2D eigenvalue weighted by Crippen LogP contribution is -2.48. The Bertz CT molecular complexity index is 3030. The molecule has 66 heavy (non-hydrogen) atoms. The van der Waals surface area contributed by atoms with Crippen molar-refractivity contribution in [3.8, 4) is 27.8 Å². The van der Waals surface area contributed by atoms with Gasteiger partial charge in [-0.3, -0.25) is 28.8 Å². The zero-order valence-corrected chi connectivity index (χ0v) is 38.6. The van der Waals surface area contributed by atoms with Crippen molar-refractivity contribution in [1.29, 1.82) is 0 Å². The van der Waals surface area contributed by atoms with Gasteiger partial charge in [0.05, 0.1) is 54.6 Å². The fraction of sp³-hybridized carbons (Fsp3) is 0.288. The fourth-order valence-corrected chi connectivity index (χ4v) is 12.2. The minimum atomic E-state index is -1.25. The maximum atomic E-state index is 15.3. The van der Waals surface area contributed by atoms with E-state index in [1.807, 2.05) is 92.7 Å². The van der Waals surface area contributed by atoms with Crippen molar-refractivity contribution in [2.24, 2.45) is 36.1 Å². The van der Waals surface area contributed by atoms with Crippen LogP contribution in [0.2, 0.25) is 5.02 Å². The van der Waals surface area contributed by atoms with Gasteiger partial charge in [0.1, 0.15) is 35.4 Å². The molecule has 0 spiro atoms. The van der Waals surface area contributed by atoms with Crippen molar-refractivity contribution in [2.75, 3.05) is 37.2 Å². The number of fused-ring (bicyclic) bond motifs is 5. The van der Waals surface area contributed by atoms with Crippen molar-refractivity contribution in [1.82, 2.24) is 9.78 Å². The van der Waals surface area contributed by atoms with Crippen LogP contribution in [-0.2, 0) is 26.2 Å². The molecular formula is C52H47ClN4O8S. The second-order valence-corrected chi connectivity index (χ2v) is 19.0. The second-order valence-electron chi connectivity index (χ2n) is 17.6. The van der Waals surface area contributed by atoms with Crippen LogP contribution >= 0.6 is 22.9 Å². The Morgan fingerprint density at radius 2 is 1.62 bits per heavy atom. The third kappa shape index (κ3) is 6.86. The maximum absolute atomic E-state index is 15.3. The lowest BCUT2D eigenvalue weighted by molar-refractivity contribution is -0.131. The summed E-state index contributed by atoms with van der Waals surface area (Å²) in [4.78, 5) is 63.1. The molecule has 0 radical (unpaired) electrons. The highest BCUT2D eigenvalue weighted by molar-refractivity contribution is 7.22. The van der Waals surface area contributed by atoms with Crippen LogP contribution < -0.4 is 24.0 Å². The lowest BCUT2D eigenvalue weighted by Gasteiger charge is -2.49. The molecule has 4 amide bonds. The summed E-state index contributed by atoms with van der Waals surface area (Å²) >= 11 is 7.93. The van der Waals surface area contributed by atoms with Crippen LogP contribution in [0.25, 0.3) is 32.8 Å². The highest BCUT2D eigenvalue weighted by atomic mass is 35.5. The summed E-state index contributed by atoms with van der Waals surface area (Å²) < 4.78 is 19.3. The first kappa shape index (κ1) is 43.4. The molecule has 14 heteroatoms. The monoisotopic (exact) mass is 922 g/mol. The van der Waals surface area contributed by atoms with Crippen molar-refractivity contribution >= 4 is 80.3 Å². The Morgan fingerprint density at radius 1 is 0.864 bits per heavy atom. The van der Waals surface area contributed by atoms with Crippen LogP contribution in [0.15, 0.2) is 103 Å². The number of amides is 4.